The van der Waals surface area contributed by atoms with E-state index in [2.05, 4.69) is 5.32 Å². The number of hydrogen-bond acceptors (Lipinski definition) is 4. The van der Waals surface area contributed by atoms with Crippen LogP contribution in [0.2, 0.25) is 0 Å². The zero-order valence-corrected chi connectivity index (χ0v) is 20.9. The third-order valence-electron chi connectivity index (χ3n) is 6.14. The number of nitrogens with zero attached hydrogens (tertiary/aromatic N) is 3. The van der Waals surface area contributed by atoms with Crippen LogP contribution in [0.25, 0.3) is 0 Å². The summed E-state index contributed by atoms with van der Waals surface area (Å²) in [4.78, 5) is 34.5. The first-order valence-corrected chi connectivity index (χ1v) is 12.2. The van der Waals surface area contributed by atoms with Gasteiger partial charge in [-0.15, -0.1) is 0 Å². The maximum absolute atomic E-state index is 13.8. The van der Waals surface area contributed by atoms with Gasteiger partial charge in [0.25, 0.3) is 0 Å². The number of aliphatic imine (C=N–C) groups is 1. The summed E-state index contributed by atoms with van der Waals surface area (Å²) in [6.07, 6.45) is 1.28. The molecule has 2 amide bonds. The third-order valence-corrected chi connectivity index (χ3v) is 6.14. The molecule has 6 nitrogen and oxygen atoms in total. The number of halogens is 1. The van der Waals surface area contributed by atoms with E-state index in [9.17, 15) is 14.0 Å². The van der Waals surface area contributed by atoms with Crippen LogP contribution in [-0.4, -0.2) is 49.6 Å². The Morgan fingerprint density at radius 1 is 1.00 bits per heavy atom. The van der Waals surface area contributed by atoms with E-state index in [1.54, 1.807) is 6.07 Å². The average molecular weight is 487 g/mol. The van der Waals surface area contributed by atoms with E-state index >= 15 is 0 Å². The van der Waals surface area contributed by atoms with Crippen molar-refractivity contribution in [1.82, 2.24) is 4.90 Å². The minimum absolute atomic E-state index is 0.0899. The second-order valence-corrected chi connectivity index (χ2v) is 9.13. The molecule has 0 saturated carbocycles. The molecule has 3 aromatic carbocycles. The molecular weight excluding hydrogens is 455 g/mol. The Kier molecular flexibility index (Phi) is 7.90. The zero-order chi connectivity index (χ0) is 25.7. The van der Waals surface area contributed by atoms with Crippen LogP contribution in [-0.2, 0) is 9.59 Å². The number of carbonyl (C=O) groups excluding carboxylic acids is 2. The van der Waals surface area contributed by atoms with Crippen LogP contribution in [0.1, 0.15) is 36.8 Å². The van der Waals surface area contributed by atoms with E-state index in [0.29, 0.717) is 35.6 Å². The molecule has 0 spiro atoms. The Morgan fingerprint density at radius 2 is 1.72 bits per heavy atom. The molecular formula is C29H31FN4O2. The van der Waals surface area contributed by atoms with Crippen molar-refractivity contribution in [2.45, 2.75) is 25.7 Å². The van der Waals surface area contributed by atoms with Crippen molar-refractivity contribution in [2.75, 3.05) is 37.4 Å². The largest absolute Gasteiger partial charge is 0.325 e. The molecule has 0 bridgehead atoms. The van der Waals surface area contributed by atoms with Crippen molar-refractivity contribution in [1.29, 1.82) is 0 Å². The Bertz CT molecular complexity index is 1260. The smallest absolute Gasteiger partial charge is 0.238 e. The van der Waals surface area contributed by atoms with Gasteiger partial charge in [0.05, 0.1) is 11.4 Å². The predicted molar refractivity (Wildman–Crippen MR) is 143 cm³/mol. The van der Waals surface area contributed by atoms with Crippen molar-refractivity contribution in [2.24, 2.45) is 4.99 Å². The molecule has 0 aromatic heterocycles. The van der Waals surface area contributed by atoms with Crippen molar-refractivity contribution >= 4 is 34.6 Å². The van der Waals surface area contributed by atoms with Gasteiger partial charge < -0.3 is 15.1 Å². The maximum Gasteiger partial charge on any atom is 0.238 e. The van der Waals surface area contributed by atoms with E-state index in [0.717, 1.165) is 24.2 Å². The molecule has 4 rings (SSSR count). The molecule has 1 heterocycles. The number of anilines is 2. The minimum atomic E-state index is -0.662. The molecule has 1 N–H and O–H groups in total. The summed E-state index contributed by atoms with van der Waals surface area (Å²) in [5, 5.41) is 2.79. The number of nitrogens with one attached hydrogen (secondary N) is 1. The monoisotopic (exact) mass is 486 g/mol. The lowest BCUT2D eigenvalue weighted by atomic mass is 9.90. The summed E-state index contributed by atoms with van der Waals surface area (Å²) in [5.74, 6) is -1.22. The number of carbonyl (C=O) groups is 2. The van der Waals surface area contributed by atoms with E-state index in [1.807, 2.05) is 85.4 Å². The molecule has 1 unspecified atom stereocenters. The Hall–Kier alpha value is -3.84. The van der Waals surface area contributed by atoms with Gasteiger partial charge in [-0.1, -0.05) is 43.3 Å². The van der Waals surface area contributed by atoms with Gasteiger partial charge in [-0.3, -0.25) is 14.6 Å². The van der Waals surface area contributed by atoms with E-state index in [1.165, 1.54) is 12.1 Å². The fraction of sp³-hybridized carbons (Fsp3) is 0.276. The Morgan fingerprint density at radius 3 is 2.39 bits per heavy atom. The van der Waals surface area contributed by atoms with E-state index in [-0.39, 0.29) is 11.8 Å². The number of hydrogen-bond donors (Lipinski definition) is 1. The molecule has 0 aliphatic carbocycles. The quantitative estimate of drug-likeness (QED) is 0.413. The summed E-state index contributed by atoms with van der Waals surface area (Å²) in [6.45, 7) is 3.35. The number of rotatable bonds is 9. The van der Waals surface area contributed by atoms with Gasteiger partial charge in [0, 0.05) is 30.9 Å². The highest BCUT2D eigenvalue weighted by atomic mass is 19.1. The Labute approximate surface area is 211 Å². The Balaban J connectivity index is 1.70. The second kappa shape index (κ2) is 11.3. The fourth-order valence-corrected chi connectivity index (χ4v) is 4.30. The topological polar surface area (TPSA) is 65.0 Å². The van der Waals surface area contributed by atoms with Crippen LogP contribution in [0.4, 0.5) is 21.5 Å². The average Bonchev–Trinajstić information content (AvgIpc) is 3.18. The van der Waals surface area contributed by atoms with Gasteiger partial charge in [-0.2, -0.15) is 0 Å². The number of benzene rings is 3. The second-order valence-electron chi connectivity index (χ2n) is 9.13. The standard InChI is InChI=1S/C29H31FN4O2/c1-4-8-26(35)34(18-17-33(2)3)23-14-12-22(13-15-23)31-28(20-9-6-5-7-10-20)27-24-16-11-21(30)19-25(24)32-29(27)36/h5-7,9-16,19,27H,4,8,17-18H2,1-3H3,(H,32,36). The predicted octanol–water partition coefficient (Wildman–Crippen LogP) is 5.38. The summed E-state index contributed by atoms with van der Waals surface area (Å²) >= 11 is 0. The van der Waals surface area contributed by atoms with Crippen LogP contribution in [0.5, 0.6) is 0 Å². The van der Waals surface area contributed by atoms with Gasteiger partial charge in [0.2, 0.25) is 11.8 Å². The van der Waals surface area contributed by atoms with Crippen molar-refractivity contribution in [3.05, 3.63) is 89.7 Å². The summed E-state index contributed by atoms with van der Waals surface area (Å²) < 4.78 is 13.8. The molecule has 186 valence electrons. The molecule has 0 fully saturated rings. The van der Waals surface area contributed by atoms with E-state index < -0.39 is 11.7 Å². The van der Waals surface area contributed by atoms with Gasteiger partial charge in [0.1, 0.15) is 11.7 Å². The highest BCUT2D eigenvalue weighted by Gasteiger charge is 2.35. The lowest BCUT2D eigenvalue weighted by Gasteiger charge is -2.24. The van der Waals surface area contributed by atoms with Crippen LogP contribution < -0.4 is 10.2 Å². The van der Waals surface area contributed by atoms with Crippen molar-refractivity contribution in [3.8, 4) is 0 Å². The molecule has 36 heavy (non-hydrogen) atoms. The molecule has 7 heteroatoms. The lowest BCUT2D eigenvalue weighted by Crippen LogP contribution is -2.36. The first-order chi connectivity index (χ1) is 17.4. The molecule has 1 aliphatic heterocycles. The SMILES string of the molecule is CCCC(=O)N(CCN(C)C)c1ccc(N=C(c2ccccc2)C2C(=O)Nc3cc(F)ccc32)cc1. The van der Waals surface area contributed by atoms with E-state index in [4.69, 9.17) is 4.99 Å². The maximum atomic E-state index is 13.8. The summed E-state index contributed by atoms with van der Waals surface area (Å²) in [5.41, 5.74) is 4.03. The van der Waals surface area contributed by atoms with Crippen LogP contribution in [0.15, 0.2) is 77.8 Å². The third kappa shape index (κ3) is 5.69. The van der Waals surface area contributed by atoms with Gasteiger partial charge in [0.15, 0.2) is 0 Å². The van der Waals surface area contributed by atoms with Crippen molar-refractivity contribution in [3.63, 3.8) is 0 Å². The van der Waals surface area contributed by atoms with Crippen LogP contribution in [0, 0.1) is 5.82 Å². The zero-order valence-electron chi connectivity index (χ0n) is 20.9. The van der Waals surface area contributed by atoms with Crippen LogP contribution >= 0.6 is 0 Å². The number of fused-ring (bicyclic) bond motifs is 1. The first kappa shape index (κ1) is 25.3. The highest BCUT2D eigenvalue weighted by Crippen LogP contribution is 2.36. The molecule has 1 atom stereocenters. The molecule has 0 radical (unpaired) electrons. The number of amides is 2. The normalized spacial score (nSPS) is 15.1. The van der Waals surface area contributed by atoms with Crippen molar-refractivity contribution < 1.29 is 14.0 Å². The van der Waals surface area contributed by atoms with Crippen LogP contribution in [0.3, 0.4) is 0 Å². The molecule has 0 saturated heterocycles. The fourth-order valence-electron chi connectivity index (χ4n) is 4.30. The number of likely N-dealkylation sites (N-methyl/N-ethyl adjacent to an activating group) is 1. The van der Waals surface area contributed by atoms with Gasteiger partial charge >= 0.3 is 0 Å². The minimum Gasteiger partial charge on any atom is -0.325 e. The lowest BCUT2D eigenvalue weighted by molar-refractivity contribution is -0.118. The molecule has 3 aromatic rings. The highest BCUT2D eigenvalue weighted by molar-refractivity contribution is 6.24. The summed E-state index contributed by atoms with van der Waals surface area (Å²) in [7, 11) is 3.97. The first-order valence-electron chi connectivity index (χ1n) is 12.2. The van der Waals surface area contributed by atoms with Gasteiger partial charge in [-0.25, -0.2) is 4.39 Å². The van der Waals surface area contributed by atoms with Gasteiger partial charge in [-0.05, 0) is 68.0 Å². The molecule has 1 aliphatic rings. The summed E-state index contributed by atoms with van der Waals surface area (Å²) in [6, 6.07) is 21.4.